The summed E-state index contributed by atoms with van der Waals surface area (Å²) in [5.41, 5.74) is 3.10. The molecule has 0 aromatic heterocycles. The molecule has 0 aromatic carbocycles. The molecule has 2 fully saturated rings. The molecule has 0 heterocycles. The summed E-state index contributed by atoms with van der Waals surface area (Å²) in [6.07, 6.45) is 12.7. The zero-order valence-electron chi connectivity index (χ0n) is 10.8. The average molecular weight is 224 g/mol. The van der Waals surface area contributed by atoms with Gasteiger partial charge in [0, 0.05) is 6.04 Å². The van der Waals surface area contributed by atoms with Gasteiger partial charge in [-0.25, -0.2) is 0 Å². The zero-order chi connectivity index (χ0) is 11.4. The Hall–Kier alpha value is -0.0800. The maximum Gasteiger partial charge on any atom is 0.0241 e. The van der Waals surface area contributed by atoms with E-state index in [0.29, 0.717) is 6.04 Å². The largest absolute Gasteiger partial charge is 0.271 e. The minimum Gasteiger partial charge on any atom is -0.271 e. The van der Waals surface area contributed by atoms with E-state index in [4.69, 9.17) is 5.84 Å². The van der Waals surface area contributed by atoms with Gasteiger partial charge >= 0.3 is 0 Å². The molecule has 94 valence electrons. The van der Waals surface area contributed by atoms with Crippen LogP contribution in [0, 0.1) is 17.8 Å². The Balaban J connectivity index is 1.75. The fourth-order valence-electron chi connectivity index (χ4n) is 3.48. The van der Waals surface area contributed by atoms with E-state index in [0.717, 1.165) is 17.8 Å². The summed E-state index contributed by atoms with van der Waals surface area (Å²) in [6.45, 7) is 2.33. The Labute approximate surface area is 100 Å². The van der Waals surface area contributed by atoms with Crippen LogP contribution in [-0.4, -0.2) is 6.04 Å². The van der Waals surface area contributed by atoms with Crippen LogP contribution < -0.4 is 11.3 Å². The summed E-state index contributed by atoms with van der Waals surface area (Å²) >= 11 is 0. The second kappa shape index (κ2) is 6.02. The minimum absolute atomic E-state index is 0.600. The van der Waals surface area contributed by atoms with Gasteiger partial charge in [-0.15, -0.1) is 0 Å². The van der Waals surface area contributed by atoms with Crippen molar-refractivity contribution < 1.29 is 0 Å². The Morgan fingerprint density at radius 1 is 1.06 bits per heavy atom. The van der Waals surface area contributed by atoms with Gasteiger partial charge in [-0.05, 0) is 37.0 Å². The van der Waals surface area contributed by atoms with Gasteiger partial charge < -0.3 is 0 Å². The Morgan fingerprint density at radius 3 is 2.19 bits per heavy atom. The van der Waals surface area contributed by atoms with Crippen LogP contribution in [0.5, 0.6) is 0 Å². The normalized spacial score (nSPS) is 33.4. The first-order chi connectivity index (χ1) is 7.83. The number of hydrazine groups is 1. The molecule has 1 unspecified atom stereocenters. The molecule has 0 bridgehead atoms. The van der Waals surface area contributed by atoms with Crippen molar-refractivity contribution in [2.45, 2.75) is 70.8 Å². The van der Waals surface area contributed by atoms with Gasteiger partial charge in [0.05, 0.1) is 0 Å². The lowest BCUT2D eigenvalue weighted by molar-refractivity contribution is 0.172. The number of nitrogens with one attached hydrogen (secondary N) is 1. The van der Waals surface area contributed by atoms with Crippen LogP contribution in [0.15, 0.2) is 0 Å². The van der Waals surface area contributed by atoms with Gasteiger partial charge in [-0.3, -0.25) is 11.3 Å². The van der Waals surface area contributed by atoms with Crippen molar-refractivity contribution >= 4 is 0 Å². The van der Waals surface area contributed by atoms with Crippen molar-refractivity contribution in [2.24, 2.45) is 23.6 Å². The summed E-state index contributed by atoms with van der Waals surface area (Å²) in [7, 11) is 0. The van der Waals surface area contributed by atoms with E-state index in [1.165, 1.54) is 57.8 Å². The lowest BCUT2D eigenvalue weighted by atomic mass is 9.73. The third kappa shape index (κ3) is 2.98. The molecule has 2 nitrogen and oxygen atoms in total. The maximum atomic E-state index is 5.75. The predicted octanol–water partition coefficient (Wildman–Crippen LogP) is 3.22. The van der Waals surface area contributed by atoms with Gasteiger partial charge in [0.15, 0.2) is 0 Å². The van der Waals surface area contributed by atoms with Gasteiger partial charge in [-0.1, -0.05) is 45.4 Å². The lowest BCUT2D eigenvalue weighted by Crippen LogP contribution is -2.44. The molecule has 2 aliphatic carbocycles. The quantitative estimate of drug-likeness (QED) is 0.556. The van der Waals surface area contributed by atoms with Crippen molar-refractivity contribution in [3.05, 3.63) is 0 Å². The van der Waals surface area contributed by atoms with E-state index in [2.05, 4.69) is 12.3 Å². The van der Waals surface area contributed by atoms with Crippen molar-refractivity contribution in [2.75, 3.05) is 0 Å². The second-order valence-electron chi connectivity index (χ2n) is 5.99. The third-order valence-electron chi connectivity index (χ3n) is 5.06. The highest BCUT2D eigenvalue weighted by Crippen LogP contribution is 2.37. The lowest BCUT2D eigenvalue weighted by Gasteiger charge is -2.37. The summed E-state index contributed by atoms with van der Waals surface area (Å²) in [5, 5.41) is 0. The van der Waals surface area contributed by atoms with Crippen LogP contribution in [0.25, 0.3) is 0 Å². The number of hydrogen-bond donors (Lipinski definition) is 2. The van der Waals surface area contributed by atoms with Crippen LogP contribution in [0.2, 0.25) is 0 Å². The molecule has 3 N–H and O–H groups in total. The van der Waals surface area contributed by atoms with Crippen molar-refractivity contribution in [3.63, 3.8) is 0 Å². The van der Waals surface area contributed by atoms with E-state index < -0.39 is 0 Å². The summed E-state index contributed by atoms with van der Waals surface area (Å²) in [5.74, 6) is 8.58. The van der Waals surface area contributed by atoms with Crippen LogP contribution in [-0.2, 0) is 0 Å². The maximum absolute atomic E-state index is 5.75. The molecule has 0 saturated heterocycles. The third-order valence-corrected chi connectivity index (χ3v) is 5.06. The van der Waals surface area contributed by atoms with E-state index >= 15 is 0 Å². The number of nitrogens with two attached hydrogens (primary N) is 1. The smallest absolute Gasteiger partial charge is 0.0241 e. The van der Waals surface area contributed by atoms with Gasteiger partial charge in [0.1, 0.15) is 0 Å². The van der Waals surface area contributed by atoms with Crippen molar-refractivity contribution in [3.8, 4) is 0 Å². The van der Waals surface area contributed by atoms with Gasteiger partial charge in [-0.2, -0.15) is 0 Å². The monoisotopic (exact) mass is 224 g/mol. The van der Waals surface area contributed by atoms with Crippen molar-refractivity contribution in [1.29, 1.82) is 0 Å². The SMILES string of the molecule is CCC1CCC(C(CC2CCC2)NN)CC1. The van der Waals surface area contributed by atoms with E-state index in [9.17, 15) is 0 Å². The average Bonchev–Trinajstić information content (AvgIpc) is 2.28. The van der Waals surface area contributed by atoms with Crippen LogP contribution in [0.1, 0.15) is 64.7 Å². The Kier molecular flexibility index (Phi) is 4.66. The molecule has 16 heavy (non-hydrogen) atoms. The van der Waals surface area contributed by atoms with E-state index in [1.807, 2.05) is 0 Å². The minimum atomic E-state index is 0.600. The summed E-state index contributed by atoms with van der Waals surface area (Å²) in [6, 6.07) is 0.600. The van der Waals surface area contributed by atoms with Crippen LogP contribution in [0.4, 0.5) is 0 Å². The predicted molar refractivity (Wildman–Crippen MR) is 68.8 cm³/mol. The van der Waals surface area contributed by atoms with Gasteiger partial charge in [0.25, 0.3) is 0 Å². The van der Waals surface area contributed by atoms with Crippen LogP contribution in [0.3, 0.4) is 0 Å². The fraction of sp³-hybridized carbons (Fsp3) is 1.00. The van der Waals surface area contributed by atoms with E-state index in [1.54, 1.807) is 0 Å². The van der Waals surface area contributed by atoms with E-state index in [-0.39, 0.29) is 0 Å². The molecular weight excluding hydrogens is 196 g/mol. The Bertz CT molecular complexity index is 193. The molecule has 0 spiro atoms. The molecule has 2 heteroatoms. The van der Waals surface area contributed by atoms with Crippen molar-refractivity contribution in [1.82, 2.24) is 5.43 Å². The summed E-state index contributed by atoms with van der Waals surface area (Å²) < 4.78 is 0. The first-order valence-electron chi connectivity index (χ1n) is 7.29. The molecule has 0 aromatic rings. The molecule has 0 amide bonds. The molecule has 1 atom stereocenters. The number of rotatable bonds is 5. The molecule has 2 saturated carbocycles. The Morgan fingerprint density at radius 2 is 1.75 bits per heavy atom. The molecule has 2 aliphatic rings. The molecular formula is C14H28N2. The number of hydrogen-bond acceptors (Lipinski definition) is 2. The van der Waals surface area contributed by atoms with Crippen LogP contribution >= 0.6 is 0 Å². The standard InChI is InChI=1S/C14H28N2/c1-2-11-6-8-13(9-7-11)14(16-15)10-12-4-3-5-12/h11-14,16H,2-10,15H2,1H3. The topological polar surface area (TPSA) is 38.0 Å². The van der Waals surface area contributed by atoms with Gasteiger partial charge in [0.2, 0.25) is 0 Å². The first kappa shape index (κ1) is 12.4. The summed E-state index contributed by atoms with van der Waals surface area (Å²) in [4.78, 5) is 0. The highest BCUT2D eigenvalue weighted by molar-refractivity contribution is 4.84. The highest BCUT2D eigenvalue weighted by Gasteiger charge is 2.29. The molecule has 0 radical (unpaired) electrons. The first-order valence-corrected chi connectivity index (χ1v) is 7.29. The molecule has 2 rings (SSSR count). The highest BCUT2D eigenvalue weighted by atomic mass is 15.2. The second-order valence-corrected chi connectivity index (χ2v) is 5.99. The molecule has 0 aliphatic heterocycles. The fourth-order valence-corrected chi connectivity index (χ4v) is 3.48. The zero-order valence-corrected chi connectivity index (χ0v) is 10.8.